The molecule has 0 unspecified atom stereocenters. The lowest BCUT2D eigenvalue weighted by molar-refractivity contribution is 0.542. The SMILES string of the molecule is CCC(C)(C)Nc1ncc2c(Br)cccc2n1. The molecule has 90 valence electrons. The Hall–Kier alpha value is -1.16. The summed E-state index contributed by atoms with van der Waals surface area (Å²) in [6.07, 6.45) is 2.87. The van der Waals surface area contributed by atoms with Gasteiger partial charge in [-0.15, -0.1) is 0 Å². The van der Waals surface area contributed by atoms with Crippen molar-refractivity contribution in [3.63, 3.8) is 0 Å². The molecule has 1 aromatic heterocycles. The first-order chi connectivity index (χ1) is 8.02. The highest BCUT2D eigenvalue weighted by molar-refractivity contribution is 9.10. The summed E-state index contributed by atoms with van der Waals surface area (Å²) in [4.78, 5) is 8.87. The van der Waals surface area contributed by atoms with Crippen molar-refractivity contribution in [1.29, 1.82) is 0 Å². The molecule has 17 heavy (non-hydrogen) atoms. The Morgan fingerprint density at radius 2 is 2.12 bits per heavy atom. The average molecular weight is 294 g/mol. The topological polar surface area (TPSA) is 37.8 Å². The van der Waals surface area contributed by atoms with E-state index in [9.17, 15) is 0 Å². The second kappa shape index (κ2) is 4.61. The van der Waals surface area contributed by atoms with Crippen molar-refractivity contribution < 1.29 is 0 Å². The highest BCUT2D eigenvalue weighted by Gasteiger charge is 2.15. The summed E-state index contributed by atoms with van der Waals surface area (Å²) in [6, 6.07) is 5.97. The fourth-order valence-electron chi connectivity index (χ4n) is 1.47. The number of nitrogens with zero attached hydrogens (tertiary/aromatic N) is 2. The Labute approximate surface area is 110 Å². The van der Waals surface area contributed by atoms with Crippen molar-refractivity contribution in [1.82, 2.24) is 9.97 Å². The molecule has 0 aliphatic rings. The van der Waals surface area contributed by atoms with Crippen LogP contribution >= 0.6 is 15.9 Å². The van der Waals surface area contributed by atoms with Crippen molar-refractivity contribution in [3.05, 3.63) is 28.9 Å². The Morgan fingerprint density at radius 3 is 2.82 bits per heavy atom. The van der Waals surface area contributed by atoms with Gasteiger partial charge in [0.2, 0.25) is 5.95 Å². The minimum Gasteiger partial charge on any atom is -0.349 e. The summed E-state index contributed by atoms with van der Waals surface area (Å²) in [7, 11) is 0. The number of benzene rings is 1. The second-order valence-electron chi connectivity index (χ2n) is 4.73. The Kier molecular flexibility index (Phi) is 3.33. The van der Waals surface area contributed by atoms with Gasteiger partial charge in [0.1, 0.15) is 0 Å². The van der Waals surface area contributed by atoms with Gasteiger partial charge in [-0.25, -0.2) is 9.97 Å². The van der Waals surface area contributed by atoms with Gasteiger partial charge in [0.05, 0.1) is 5.52 Å². The molecule has 1 N–H and O–H groups in total. The van der Waals surface area contributed by atoms with Crippen molar-refractivity contribution in [3.8, 4) is 0 Å². The Morgan fingerprint density at radius 1 is 1.35 bits per heavy atom. The van der Waals surface area contributed by atoms with Crippen molar-refractivity contribution in [2.45, 2.75) is 32.7 Å². The average Bonchev–Trinajstić information content (AvgIpc) is 2.29. The maximum atomic E-state index is 4.52. The molecular weight excluding hydrogens is 278 g/mol. The van der Waals surface area contributed by atoms with Crippen LogP contribution in [-0.2, 0) is 0 Å². The molecule has 0 amide bonds. The third-order valence-electron chi connectivity index (χ3n) is 2.91. The molecule has 4 heteroatoms. The molecule has 0 spiro atoms. The standard InChI is InChI=1S/C13H16BrN3/c1-4-13(2,3)17-12-15-8-9-10(14)6-5-7-11(9)16-12/h5-8H,4H2,1-3H3,(H,15,16,17). The zero-order valence-corrected chi connectivity index (χ0v) is 11.9. The van der Waals surface area contributed by atoms with Gasteiger partial charge in [0.25, 0.3) is 0 Å². The first kappa shape index (κ1) is 12.3. The van der Waals surface area contributed by atoms with Crippen LogP contribution in [0.2, 0.25) is 0 Å². The van der Waals surface area contributed by atoms with Gasteiger partial charge in [-0.1, -0.05) is 28.9 Å². The zero-order valence-electron chi connectivity index (χ0n) is 10.3. The van der Waals surface area contributed by atoms with E-state index < -0.39 is 0 Å². The minimum atomic E-state index is 0.0136. The molecule has 0 atom stereocenters. The smallest absolute Gasteiger partial charge is 0.223 e. The maximum absolute atomic E-state index is 4.52. The molecular formula is C13H16BrN3. The first-order valence-electron chi connectivity index (χ1n) is 5.71. The summed E-state index contributed by atoms with van der Waals surface area (Å²) < 4.78 is 1.02. The number of rotatable bonds is 3. The number of hydrogen-bond donors (Lipinski definition) is 1. The van der Waals surface area contributed by atoms with Gasteiger partial charge < -0.3 is 5.32 Å². The quantitative estimate of drug-likeness (QED) is 0.930. The molecule has 0 radical (unpaired) electrons. The zero-order chi connectivity index (χ0) is 12.5. The molecule has 0 saturated heterocycles. The third kappa shape index (κ3) is 2.75. The summed E-state index contributed by atoms with van der Waals surface area (Å²) in [5, 5.41) is 4.38. The maximum Gasteiger partial charge on any atom is 0.223 e. The van der Waals surface area contributed by atoms with Crippen molar-refractivity contribution >= 4 is 32.8 Å². The summed E-state index contributed by atoms with van der Waals surface area (Å²) in [6.45, 7) is 6.42. The molecule has 0 aliphatic carbocycles. The van der Waals surface area contributed by atoms with Crippen LogP contribution in [0, 0.1) is 0 Å². The molecule has 0 saturated carbocycles. The monoisotopic (exact) mass is 293 g/mol. The van der Waals surface area contributed by atoms with E-state index in [1.807, 2.05) is 24.4 Å². The van der Waals surface area contributed by atoms with Crippen molar-refractivity contribution in [2.24, 2.45) is 0 Å². The first-order valence-corrected chi connectivity index (χ1v) is 6.50. The summed E-state index contributed by atoms with van der Waals surface area (Å²) in [5.41, 5.74) is 0.962. The fraction of sp³-hybridized carbons (Fsp3) is 0.385. The number of fused-ring (bicyclic) bond motifs is 1. The van der Waals surface area contributed by atoms with E-state index in [-0.39, 0.29) is 5.54 Å². The molecule has 1 aromatic carbocycles. The molecule has 3 nitrogen and oxygen atoms in total. The Bertz CT molecular complexity index is 537. The lowest BCUT2D eigenvalue weighted by Gasteiger charge is -2.24. The van der Waals surface area contributed by atoms with Crippen LogP contribution in [0.1, 0.15) is 27.2 Å². The van der Waals surface area contributed by atoms with Crippen LogP contribution in [0.15, 0.2) is 28.9 Å². The van der Waals surface area contributed by atoms with E-state index in [2.05, 4.69) is 52.0 Å². The van der Waals surface area contributed by atoms with Crippen LogP contribution in [0.25, 0.3) is 10.9 Å². The molecule has 0 aliphatic heterocycles. The molecule has 0 fully saturated rings. The third-order valence-corrected chi connectivity index (χ3v) is 3.60. The van der Waals surface area contributed by atoms with E-state index in [1.54, 1.807) is 0 Å². The van der Waals surface area contributed by atoms with Crippen LogP contribution in [0.3, 0.4) is 0 Å². The molecule has 1 heterocycles. The minimum absolute atomic E-state index is 0.0136. The van der Waals surface area contributed by atoms with Crippen LogP contribution < -0.4 is 5.32 Å². The van der Waals surface area contributed by atoms with E-state index >= 15 is 0 Å². The number of halogens is 1. The van der Waals surface area contributed by atoms with Gasteiger partial charge in [0, 0.05) is 21.6 Å². The van der Waals surface area contributed by atoms with Gasteiger partial charge >= 0.3 is 0 Å². The van der Waals surface area contributed by atoms with Gasteiger partial charge in [-0.2, -0.15) is 0 Å². The van der Waals surface area contributed by atoms with E-state index in [4.69, 9.17) is 0 Å². The number of hydrogen-bond acceptors (Lipinski definition) is 3. The highest BCUT2D eigenvalue weighted by atomic mass is 79.9. The van der Waals surface area contributed by atoms with Crippen LogP contribution in [0.4, 0.5) is 5.95 Å². The van der Waals surface area contributed by atoms with E-state index in [0.717, 1.165) is 21.8 Å². The molecule has 2 rings (SSSR count). The summed E-state index contributed by atoms with van der Waals surface area (Å²) in [5.74, 6) is 0.683. The predicted molar refractivity (Wildman–Crippen MR) is 75.2 cm³/mol. The number of aromatic nitrogens is 2. The Balaban J connectivity index is 2.39. The lowest BCUT2D eigenvalue weighted by atomic mass is 10.0. The van der Waals surface area contributed by atoms with Crippen LogP contribution in [0.5, 0.6) is 0 Å². The van der Waals surface area contributed by atoms with Gasteiger partial charge in [-0.3, -0.25) is 0 Å². The van der Waals surface area contributed by atoms with Crippen molar-refractivity contribution in [2.75, 3.05) is 5.32 Å². The summed E-state index contributed by atoms with van der Waals surface area (Å²) >= 11 is 3.50. The number of nitrogens with one attached hydrogen (secondary N) is 1. The molecule has 2 aromatic rings. The largest absolute Gasteiger partial charge is 0.349 e. The van der Waals surface area contributed by atoms with E-state index in [1.165, 1.54) is 0 Å². The van der Waals surface area contributed by atoms with Crippen LogP contribution in [-0.4, -0.2) is 15.5 Å². The second-order valence-corrected chi connectivity index (χ2v) is 5.58. The van der Waals surface area contributed by atoms with E-state index in [0.29, 0.717) is 5.95 Å². The lowest BCUT2D eigenvalue weighted by Crippen LogP contribution is -2.30. The highest BCUT2D eigenvalue weighted by Crippen LogP contribution is 2.23. The molecule has 0 bridgehead atoms. The number of anilines is 1. The predicted octanol–water partition coefficient (Wildman–Crippen LogP) is 3.99. The fourth-order valence-corrected chi connectivity index (χ4v) is 1.93. The van der Waals surface area contributed by atoms with Gasteiger partial charge in [-0.05, 0) is 32.4 Å². The van der Waals surface area contributed by atoms with Gasteiger partial charge in [0.15, 0.2) is 0 Å². The normalized spacial score (nSPS) is 11.8.